The Bertz CT molecular complexity index is 1040. The smallest absolute Gasteiger partial charge is 0.0717 e. The quantitative estimate of drug-likeness (QED) is 0.330. The van der Waals surface area contributed by atoms with Crippen molar-refractivity contribution in [3.05, 3.63) is 91.4 Å². The molecule has 2 aromatic rings. The molecule has 200 valence electrons. The molecular weight excluding hydrogens is 505 g/mol. The van der Waals surface area contributed by atoms with Crippen LogP contribution in [-0.2, 0) is 22.7 Å². The maximum absolute atomic E-state index is 6.17. The maximum Gasteiger partial charge on any atom is 0.0717 e. The Morgan fingerprint density at radius 3 is 1.18 bits per heavy atom. The monoisotopic (exact) mass is 544 g/mol. The fraction of sp³-hybridized carbons (Fsp3) is 0.529. The first-order chi connectivity index (χ1) is 18.8. The summed E-state index contributed by atoms with van der Waals surface area (Å²) in [6, 6.07) is 21.3. The summed E-state index contributed by atoms with van der Waals surface area (Å²) in [6.45, 7) is 3.41. The van der Waals surface area contributed by atoms with Crippen molar-refractivity contribution in [2.45, 2.75) is 64.6 Å². The zero-order valence-corrected chi connectivity index (χ0v) is 24.0. The van der Waals surface area contributed by atoms with Crippen molar-refractivity contribution >= 4 is 23.5 Å². The molecule has 2 saturated carbocycles. The van der Waals surface area contributed by atoms with Gasteiger partial charge in [0, 0.05) is 0 Å². The maximum atomic E-state index is 6.17. The van der Waals surface area contributed by atoms with E-state index in [-0.39, 0.29) is 0 Å². The summed E-state index contributed by atoms with van der Waals surface area (Å²) >= 11 is 4.39. The van der Waals surface area contributed by atoms with E-state index in [0.29, 0.717) is 0 Å². The standard InChI is InChI=1S/C34H40O2S2/c1-3-7-23(8-4-1)19-35-21-29-25-11-15-31-32(16-12-26(25)29)38-34-18-14-28-27(13-17-33(34)37-31)30(28)22-36-20-24-9-5-2-6-10-24/h1-10,25-30H,11-22H2/t25-,26+,27+,28-,29?,30?. The lowest BCUT2D eigenvalue weighted by Gasteiger charge is -2.27. The summed E-state index contributed by atoms with van der Waals surface area (Å²) in [5.41, 5.74) is 2.59. The number of rotatable bonds is 8. The second-order valence-corrected chi connectivity index (χ2v) is 14.4. The van der Waals surface area contributed by atoms with E-state index in [1.54, 1.807) is 19.6 Å². The van der Waals surface area contributed by atoms with Gasteiger partial charge in [-0.2, -0.15) is 0 Å². The highest BCUT2D eigenvalue weighted by Crippen LogP contribution is 2.61. The molecule has 7 rings (SSSR count). The fourth-order valence-corrected chi connectivity index (χ4v) is 10.3. The van der Waals surface area contributed by atoms with Crippen LogP contribution in [0, 0.1) is 35.5 Å². The SMILES string of the molecule is c1ccc(COCC2[C@H]3CCC4=C(CC[C@@H]23)SC2=C(CC[C@H]3C(COCc5ccccc5)[C@H]3CC2)S4)cc1. The van der Waals surface area contributed by atoms with Gasteiger partial charge in [-0.05, 0) is 118 Å². The van der Waals surface area contributed by atoms with Crippen molar-refractivity contribution in [1.82, 2.24) is 0 Å². The predicted molar refractivity (Wildman–Crippen MR) is 159 cm³/mol. The van der Waals surface area contributed by atoms with Crippen molar-refractivity contribution in [3.8, 4) is 0 Å². The number of benzene rings is 2. The average Bonchev–Trinajstić information content (AvgIpc) is 3.81. The lowest BCUT2D eigenvalue weighted by Crippen LogP contribution is -2.03. The van der Waals surface area contributed by atoms with Gasteiger partial charge in [0.15, 0.2) is 0 Å². The minimum atomic E-state index is 0.760. The summed E-state index contributed by atoms with van der Waals surface area (Å²) in [4.78, 5) is 6.88. The third-order valence-corrected chi connectivity index (χ3v) is 12.8. The van der Waals surface area contributed by atoms with Gasteiger partial charge in [0.25, 0.3) is 0 Å². The van der Waals surface area contributed by atoms with E-state index in [1.165, 1.54) is 62.5 Å². The predicted octanol–water partition coefficient (Wildman–Crippen LogP) is 9.20. The summed E-state index contributed by atoms with van der Waals surface area (Å²) in [5, 5.41) is 0. The Hall–Kier alpha value is -1.46. The molecule has 2 nitrogen and oxygen atoms in total. The Balaban J connectivity index is 0.880. The van der Waals surface area contributed by atoms with E-state index in [2.05, 4.69) is 84.2 Å². The highest BCUT2D eigenvalue weighted by molar-refractivity contribution is 8.13. The molecule has 0 N–H and O–H groups in total. The van der Waals surface area contributed by atoms with Crippen LogP contribution in [0.2, 0.25) is 0 Å². The molecule has 38 heavy (non-hydrogen) atoms. The molecule has 5 aliphatic rings. The van der Waals surface area contributed by atoms with Crippen LogP contribution in [0.1, 0.15) is 62.5 Å². The largest absolute Gasteiger partial charge is 0.376 e. The molecular formula is C34H40O2S2. The minimum Gasteiger partial charge on any atom is -0.376 e. The molecule has 2 aromatic carbocycles. The molecule has 1 heterocycles. The Kier molecular flexibility index (Phi) is 7.76. The zero-order chi connectivity index (χ0) is 25.3. The van der Waals surface area contributed by atoms with Crippen molar-refractivity contribution in [1.29, 1.82) is 0 Å². The van der Waals surface area contributed by atoms with E-state index in [1.807, 2.05) is 0 Å². The lowest BCUT2D eigenvalue weighted by atomic mass is 10.1. The third-order valence-electron chi connectivity index (χ3n) is 9.80. The molecule has 0 bridgehead atoms. The van der Waals surface area contributed by atoms with E-state index in [9.17, 15) is 0 Å². The molecule has 0 amide bonds. The van der Waals surface area contributed by atoms with Crippen molar-refractivity contribution in [2.24, 2.45) is 35.5 Å². The minimum absolute atomic E-state index is 0.760. The van der Waals surface area contributed by atoms with E-state index >= 15 is 0 Å². The summed E-state index contributed by atoms with van der Waals surface area (Å²) in [6.07, 6.45) is 10.6. The van der Waals surface area contributed by atoms with Gasteiger partial charge in [-0.25, -0.2) is 0 Å². The number of fused-ring (bicyclic) bond motifs is 2. The normalized spacial score (nSPS) is 32.1. The molecule has 4 heteroatoms. The van der Waals surface area contributed by atoms with Crippen LogP contribution < -0.4 is 0 Å². The number of thioether (sulfide) groups is 2. The molecule has 6 atom stereocenters. The van der Waals surface area contributed by atoms with Gasteiger partial charge in [-0.1, -0.05) is 84.2 Å². The molecule has 0 aromatic heterocycles. The van der Waals surface area contributed by atoms with Crippen LogP contribution in [0.3, 0.4) is 0 Å². The second kappa shape index (κ2) is 11.6. The number of hydrogen-bond acceptors (Lipinski definition) is 4. The van der Waals surface area contributed by atoms with Gasteiger partial charge in [0.05, 0.1) is 26.4 Å². The van der Waals surface area contributed by atoms with Crippen molar-refractivity contribution in [3.63, 3.8) is 0 Å². The topological polar surface area (TPSA) is 18.5 Å². The second-order valence-electron chi connectivity index (χ2n) is 12.0. The Morgan fingerprint density at radius 2 is 0.842 bits per heavy atom. The molecule has 2 fully saturated rings. The van der Waals surface area contributed by atoms with E-state index in [4.69, 9.17) is 9.47 Å². The molecule has 0 saturated heterocycles. The van der Waals surface area contributed by atoms with Crippen LogP contribution in [0.4, 0.5) is 0 Å². The van der Waals surface area contributed by atoms with Crippen LogP contribution in [0.5, 0.6) is 0 Å². The number of allylic oxidation sites excluding steroid dienone is 4. The fourth-order valence-electron chi connectivity index (χ4n) is 7.51. The van der Waals surface area contributed by atoms with Gasteiger partial charge in [0.2, 0.25) is 0 Å². The molecule has 2 unspecified atom stereocenters. The number of hydrogen-bond donors (Lipinski definition) is 0. The first-order valence-electron chi connectivity index (χ1n) is 14.9. The Labute approximate surface area is 237 Å². The molecule has 0 spiro atoms. The first-order valence-corrected chi connectivity index (χ1v) is 16.5. The number of ether oxygens (including phenoxy) is 2. The lowest BCUT2D eigenvalue weighted by molar-refractivity contribution is 0.105. The van der Waals surface area contributed by atoms with Gasteiger partial charge in [-0.15, -0.1) is 0 Å². The summed E-state index contributed by atoms with van der Waals surface area (Å²) in [5.74, 6) is 5.14. The van der Waals surface area contributed by atoms with E-state index < -0.39 is 0 Å². The Morgan fingerprint density at radius 1 is 0.500 bits per heavy atom. The first kappa shape index (κ1) is 25.5. The van der Waals surface area contributed by atoms with Gasteiger partial charge in [-0.3, -0.25) is 0 Å². The molecule has 1 aliphatic heterocycles. The van der Waals surface area contributed by atoms with Crippen LogP contribution in [0.15, 0.2) is 80.3 Å². The highest BCUT2D eigenvalue weighted by Gasteiger charge is 2.51. The van der Waals surface area contributed by atoms with E-state index in [0.717, 1.165) is 61.9 Å². The van der Waals surface area contributed by atoms with Gasteiger partial charge >= 0.3 is 0 Å². The van der Waals surface area contributed by atoms with Gasteiger partial charge in [0.1, 0.15) is 0 Å². The summed E-state index contributed by atoms with van der Waals surface area (Å²) < 4.78 is 12.3. The molecule has 4 aliphatic carbocycles. The van der Waals surface area contributed by atoms with Crippen molar-refractivity contribution in [2.75, 3.05) is 13.2 Å². The highest BCUT2D eigenvalue weighted by atomic mass is 32.2. The van der Waals surface area contributed by atoms with Crippen LogP contribution in [-0.4, -0.2) is 13.2 Å². The molecule has 0 radical (unpaired) electrons. The average molecular weight is 545 g/mol. The van der Waals surface area contributed by atoms with Crippen LogP contribution in [0.25, 0.3) is 0 Å². The summed E-state index contributed by atoms with van der Waals surface area (Å²) in [7, 11) is 0. The van der Waals surface area contributed by atoms with Crippen LogP contribution >= 0.6 is 23.5 Å². The third kappa shape index (κ3) is 5.70. The van der Waals surface area contributed by atoms with Gasteiger partial charge < -0.3 is 9.47 Å². The zero-order valence-electron chi connectivity index (χ0n) is 22.4. The van der Waals surface area contributed by atoms with Crippen molar-refractivity contribution < 1.29 is 9.47 Å².